The van der Waals surface area contributed by atoms with Gasteiger partial charge in [-0.25, -0.2) is 0 Å². The molecule has 0 N–H and O–H groups in total. The lowest BCUT2D eigenvalue weighted by atomic mass is 9.59. The molecule has 0 amide bonds. The quantitative estimate of drug-likeness (QED) is 0.548. The lowest BCUT2D eigenvalue weighted by Gasteiger charge is -2.45. The lowest BCUT2D eigenvalue weighted by molar-refractivity contribution is 0.0668. The molecule has 104 valence electrons. The van der Waals surface area contributed by atoms with Gasteiger partial charge in [0.1, 0.15) is 0 Å². The first-order valence-electron chi connectivity index (χ1n) is 8.15. The molecule has 2 bridgehead atoms. The molecule has 0 aromatic heterocycles. The van der Waals surface area contributed by atoms with Gasteiger partial charge in [0.2, 0.25) is 0 Å². The smallest absolute Gasteiger partial charge is 0.00880 e. The fourth-order valence-electron chi connectivity index (χ4n) is 5.54. The van der Waals surface area contributed by atoms with Crippen LogP contribution in [0, 0.1) is 35.0 Å². The molecule has 2 aliphatic rings. The van der Waals surface area contributed by atoms with Crippen molar-refractivity contribution in [3.8, 4) is 0 Å². The Labute approximate surface area is 114 Å². The molecule has 0 nitrogen and oxygen atoms in total. The minimum atomic E-state index is 0.452. The van der Waals surface area contributed by atoms with E-state index >= 15 is 0 Å². The van der Waals surface area contributed by atoms with Crippen molar-refractivity contribution in [3.05, 3.63) is 12.2 Å². The highest BCUT2D eigenvalue weighted by Crippen LogP contribution is 2.66. The topological polar surface area (TPSA) is 0 Å². The summed E-state index contributed by atoms with van der Waals surface area (Å²) >= 11 is 0. The summed E-state index contributed by atoms with van der Waals surface area (Å²) in [5, 5.41) is 0. The molecule has 0 heteroatoms. The van der Waals surface area contributed by atoms with Gasteiger partial charge in [0.25, 0.3) is 0 Å². The minimum Gasteiger partial charge on any atom is -0.0996 e. The van der Waals surface area contributed by atoms with Gasteiger partial charge >= 0.3 is 0 Å². The van der Waals surface area contributed by atoms with Gasteiger partial charge in [-0.2, -0.15) is 0 Å². The Morgan fingerprint density at radius 1 is 1.28 bits per heavy atom. The van der Waals surface area contributed by atoms with Crippen molar-refractivity contribution in [2.24, 2.45) is 35.0 Å². The van der Waals surface area contributed by atoms with Crippen LogP contribution in [-0.2, 0) is 0 Å². The zero-order chi connectivity index (χ0) is 13.5. The Bertz CT molecular complexity index is 312. The summed E-state index contributed by atoms with van der Waals surface area (Å²) in [4.78, 5) is 0. The second-order valence-electron chi connectivity index (χ2n) is 7.23. The summed E-state index contributed by atoms with van der Waals surface area (Å²) in [5.74, 6) is 4.87. The second kappa shape index (κ2) is 5.02. The third-order valence-corrected chi connectivity index (χ3v) is 6.66. The van der Waals surface area contributed by atoms with Gasteiger partial charge in [-0.15, -0.1) is 0 Å². The molecule has 0 heterocycles. The Kier molecular flexibility index (Phi) is 3.95. The van der Waals surface area contributed by atoms with Crippen LogP contribution in [-0.4, -0.2) is 0 Å². The Balaban J connectivity index is 2.24. The monoisotopic (exact) mass is 248 g/mol. The molecule has 5 atom stereocenters. The first-order valence-corrected chi connectivity index (χ1v) is 8.15. The van der Waals surface area contributed by atoms with E-state index in [4.69, 9.17) is 0 Å². The highest BCUT2D eigenvalue weighted by Gasteiger charge is 2.58. The summed E-state index contributed by atoms with van der Waals surface area (Å²) in [6.45, 7) is 16.3. The summed E-state index contributed by atoms with van der Waals surface area (Å²) in [6, 6.07) is 0. The number of allylic oxidation sites excluding steroid dienone is 1. The molecule has 0 aliphatic heterocycles. The normalized spacial score (nSPS) is 42.8. The van der Waals surface area contributed by atoms with Crippen molar-refractivity contribution < 1.29 is 0 Å². The molecule has 0 saturated heterocycles. The number of hydrogen-bond acceptors (Lipinski definition) is 0. The molecule has 0 radical (unpaired) electrons. The predicted octanol–water partition coefficient (Wildman–Crippen LogP) is 5.69. The summed E-state index contributed by atoms with van der Waals surface area (Å²) < 4.78 is 0. The molecule has 5 unspecified atom stereocenters. The third-order valence-electron chi connectivity index (χ3n) is 6.66. The van der Waals surface area contributed by atoms with E-state index in [2.05, 4.69) is 41.2 Å². The molecule has 0 spiro atoms. The van der Waals surface area contributed by atoms with Gasteiger partial charge in [0.15, 0.2) is 0 Å². The average molecular weight is 248 g/mol. The molecule has 18 heavy (non-hydrogen) atoms. The van der Waals surface area contributed by atoms with Gasteiger partial charge in [-0.1, -0.05) is 59.1 Å². The van der Waals surface area contributed by atoms with Crippen LogP contribution in [0.15, 0.2) is 12.2 Å². The van der Waals surface area contributed by atoms with Crippen molar-refractivity contribution in [1.82, 2.24) is 0 Å². The molecule has 2 fully saturated rings. The predicted molar refractivity (Wildman–Crippen MR) is 80.5 cm³/mol. The van der Waals surface area contributed by atoms with Gasteiger partial charge in [0, 0.05) is 0 Å². The second-order valence-corrected chi connectivity index (χ2v) is 7.23. The number of fused-ring (bicyclic) bond motifs is 2. The molecule has 2 rings (SSSR count). The largest absolute Gasteiger partial charge is 0.0996 e. The standard InChI is InChI=1S/C18H32/c1-7-13(8-2)17-14-10-16(15(17)9-3)18(6,11-14)12(4)5/h13-17H,4,7-11H2,1-3,5-6H3. The van der Waals surface area contributed by atoms with Crippen molar-refractivity contribution in [3.63, 3.8) is 0 Å². The van der Waals surface area contributed by atoms with E-state index in [0.29, 0.717) is 5.41 Å². The van der Waals surface area contributed by atoms with E-state index in [0.717, 1.165) is 29.6 Å². The van der Waals surface area contributed by atoms with Gasteiger partial charge < -0.3 is 0 Å². The van der Waals surface area contributed by atoms with E-state index in [9.17, 15) is 0 Å². The molecule has 0 aromatic rings. The zero-order valence-electron chi connectivity index (χ0n) is 13.1. The highest BCUT2D eigenvalue weighted by molar-refractivity contribution is 5.18. The number of hydrogen-bond donors (Lipinski definition) is 0. The van der Waals surface area contributed by atoms with Crippen LogP contribution < -0.4 is 0 Å². The zero-order valence-corrected chi connectivity index (χ0v) is 13.1. The lowest BCUT2D eigenvalue weighted by Crippen LogP contribution is -2.38. The maximum atomic E-state index is 4.31. The van der Waals surface area contributed by atoms with E-state index in [-0.39, 0.29) is 0 Å². The van der Waals surface area contributed by atoms with Crippen LogP contribution in [0.2, 0.25) is 0 Å². The van der Waals surface area contributed by atoms with Crippen molar-refractivity contribution in [2.45, 2.75) is 66.7 Å². The van der Waals surface area contributed by atoms with Crippen LogP contribution in [0.1, 0.15) is 66.7 Å². The molecular weight excluding hydrogens is 216 g/mol. The van der Waals surface area contributed by atoms with E-state index < -0.39 is 0 Å². The van der Waals surface area contributed by atoms with Crippen LogP contribution in [0.25, 0.3) is 0 Å². The molecule has 2 aliphatic carbocycles. The first kappa shape index (κ1) is 14.2. The van der Waals surface area contributed by atoms with Crippen LogP contribution in [0.5, 0.6) is 0 Å². The molecule has 2 saturated carbocycles. The first-order chi connectivity index (χ1) is 8.49. The fraction of sp³-hybridized carbons (Fsp3) is 0.889. The Hall–Kier alpha value is -0.260. The third kappa shape index (κ3) is 1.87. The van der Waals surface area contributed by atoms with E-state index in [1.807, 2.05) is 0 Å². The average Bonchev–Trinajstić information content (AvgIpc) is 2.86. The summed E-state index contributed by atoms with van der Waals surface area (Å²) in [6.07, 6.45) is 7.05. The molecule has 0 aromatic carbocycles. The van der Waals surface area contributed by atoms with Gasteiger partial charge in [-0.3, -0.25) is 0 Å². The summed E-state index contributed by atoms with van der Waals surface area (Å²) in [7, 11) is 0. The Morgan fingerprint density at radius 2 is 1.89 bits per heavy atom. The van der Waals surface area contributed by atoms with Crippen LogP contribution >= 0.6 is 0 Å². The summed E-state index contributed by atoms with van der Waals surface area (Å²) in [5.41, 5.74) is 1.89. The van der Waals surface area contributed by atoms with Crippen LogP contribution in [0.4, 0.5) is 0 Å². The van der Waals surface area contributed by atoms with Gasteiger partial charge in [0.05, 0.1) is 0 Å². The van der Waals surface area contributed by atoms with Crippen molar-refractivity contribution >= 4 is 0 Å². The maximum Gasteiger partial charge on any atom is -0.00880 e. The molecular formula is C18H32. The minimum absolute atomic E-state index is 0.452. The van der Waals surface area contributed by atoms with Gasteiger partial charge in [-0.05, 0) is 54.8 Å². The van der Waals surface area contributed by atoms with Crippen molar-refractivity contribution in [1.29, 1.82) is 0 Å². The fourth-order valence-corrected chi connectivity index (χ4v) is 5.54. The maximum absolute atomic E-state index is 4.31. The van der Waals surface area contributed by atoms with E-state index in [1.54, 1.807) is 0 Å². The SMILES string of the molecule is C=C(C)C1(C)CC2CC1C(CC)C2C(CC)CC. The van der Waals surface area contributed by atoms with E-state index in [1.165, 1.54) is 37.7 Å². The van der Waals surface area contributed by atoms with Crippen LogP contribution in [0.3, 0.4) is 0 Å². The Morgan fingerprint density at radius 3 is 2.33 bits per heavy atom. The number of rotatable bonds is 5. The highest BCUT2D eigenvalue weighted by atomic mass is 14.6. The van der Waals surface area contributed by atoms with Crippen molar-refractivity contribution in [2.75, 3.05) is 0 Å².